The van der Waals surface area contributed by atoms with E-state index in [2.05, 4.69) is 24.3 Å². The average Bonchev–Trinajstić information content (AvgIpc) is 2.63. The van der Waals surface area contributed by atoms with Crippen molar-refractivity contribution in [2.75, 3.05) is 6.54 Å². The fourth-order valence-electron chi connectivity index (χ4n) is 3.74. The Morgan fingerprint density at radius 1 is 1.04 bits per heavy atom. The molecule has 1 saturated carbocycles. The average molecular weight is 325 g/mol. The summed E-state index contributed by atoms with van der Waals surface area (Å²) in [6.07, 6.45) is 4.02. The van der Waals surface area contributed by atoms with Gasteiger partial charge in [0, 0.05) is 5.92 Å². The largest absolute Gasteiger partial charge is 0.489 e. The number of aliphatic hydroxyl groups is 1. The van der Waals surface area contributed by atoms with Crippen molar-refractivity contribution in [1.29, 1.82) is 0 Å². The first-order valence-corrected chi connectivity index (χ1v) is 8.92. The Labute approximate surface area is 144 Å². The molecule has 128 valence electrons. The summed E-state index contributed by atoms with van der Waals surface area (Å²) >= 11 is 0. The van der Waals surface area contributed by atoms with Crippen LogP contribution in [0.25, 0.3) is 0 Å². The normalized spacial score (nSPS) is 22.1. The van der Waals surface area contributed by atoms with Gasteiger partial charge in [-0.1, -0.05) is 55.3 Å². The van der Waals surface area contributed by atoms with Crippen LogP contribution in [-0.4, -0.2) is 17.8 Å². The molecule has 0 aliphatic heterocycles. The lowest BCUT2D eigenvalue weighted by Crippen LogP contribution is -2.33. The molecule has 0 amide bonds. The summed E-state index contributed by atoms with van der Waals surface area (Å²) < 4.78 is 5.94. The molecule has 0 radical (unpaired) electrons. The third kappa shape index (κ3) is 4.16. The highest BCUT2D eigenvalue weighted by atomic mass is 16.5. The minimum Gasteiger partial charge on any atom is -0.489 e. The molecule has 3 N–H and O–H groups in total. The molecule has 0 spiro atoms. The topological polar surface area (TPSA) is 55.5 Å². The molecule has 3 nitrogen and oxygen atoms in total. The molecule has 0 saturated heterocycles. The second-order valence-electron chi connectivity index (χ2n) is 6.70. The first kappa shape index (κ1) is 17.0. The van der Waals surface area contributed by atoms with E-state index in [0.29, 0.717) is 13.2 Å². The first-order valence-electron chi connectivity index (χ1n) is 8.92. The molecule has 2 aromatic rings. The van der Waals surface area contributed by atoms with Crippen molar-refractivity contribution in [3.63, 3.8) is 0 Å². The van der Waals surface area contributed by atoms with Crippen molar-refractivity contribution < 1.29 is 9.84 Å². The Morgan fingerprint density at radius 2 is 1.83 bits per heavy atom. The molecular formula is C21H27NO2. The van der Waals surface area contributed by atoms with E-state index in [1.54, 1.807) is 0 Å². The van der Waals surface area contributed by atoms with Crippen LogP contribution in [0.3, 0.4) is 0 Å². The highest BCUT2D eigenvalue weighted by molar-refractivity contribution is 5.32. The van der Waals surface area contributed by atoms with Gasteiger partial charge in [-0.3, -0.25) is 0 Å². The molecule has 0 heterocycles. The van der Waals surface area contributed by atoms with E-state index in [0.717, 1.165) is 30.6 Å². The van der Waals surface area contributed by atoms with E-state index >= 15 is 0 Å². The number of ether oxygens (including phenoxy) is 1. The van der Waals surface area contributed by atoms with E-state index < -0.39 is 0 Å². The third-order valence-corrected chi connectivity index (χ3v) is 5.09. The van der Waals surface area contributed by atoms with Gasteiger partial charge >= 0.3 is 0 Å². The van der Waals surface area contributed by atoms with Gasteiger partial charge < -0.3 is 15.6 Å². The molecule has 0 unspecified atom stereocenters. The van der Waals surface area contributed by atoms with E-state index in [1.807, 2.05) is 30.3 Å². The minimum atomic E-state index is -0.235. The van der Waals surface area contributed by atoms with E-state index in [4.69, 9.17) is 10.5 Å². The number of hydrogen-bond acceptors (Lipinski definition) is 3. The molecule has 0 aromatic heterocycles. The summed E-state index contributed by atoms with van der Waals surface area (Å²) in [5, 5.41) is 10.4. The first-order chi connectivity index (χ1) is 11.8. The molecule has 1 aliphatic carbocycles. The Balaban J connectivity index is 1.71. The zero-order chi connectivity index (χ0) is 16.8. The number of rotatable bonds is 6. The third-order valence-electron chi connectivity index (χ3n) is 5.09. The van der Waals surface area contributed by atoms with Crippen LogP contribution in [0.1, 0.15) is 42.7 Å². The highest BCUT2D eigenvalue weighted by Gasteiger charge is 2.30. The van der Waals surface area contributed by atoms with Crippen LogP contribution in [0.4, 0.5) is 0 Å². The van der Waals surface area contributed by atoms with Gasteiger partial charge in [0.1, 0.15) is 12.4 Å². The number of aliphatic hydroxyl groups excluding tert-OH is 1. The summed E-state index contributed by atoms with van der Waals surface area (Å²) in [7, 11) is 0. The Kier molecular flexibility index (Phi) is 5.89. The van der Waals surface area contributed by atoms with E-state index in [-0.39, 0.29) is 17.9 Å². The van der Waals surface area contributed by atoms with Crippen LogP contribution < -0.4 is 10.5 Å². The molecule has 3 heteroatoms. The van der Waals surface area contributed by atoms with Gasteiger partial charge in [0.25, 0.3) is 0 Å². The SMILES string of the molecule is NC[C@@H](c1cccc(OCc2ccccc2)c1)[C@H]1CCCC[C@@H]1O. The summed E-state index contributed by atoms with van der Waals surface area (Å²) in [5.74, 6) is 1.31. The van der Waals surface area contributed by atoms with Crippen LogP contribution in [-0.2, 0) is 6.61 Å². The summed E-state index contributed by atoms with van der Waals surface area (Å²) in [6.45, 7) is 1.12. The van der Waals surface area contributed by atoms with Gasteiger partial charge in [-0.05, 0) is 48.6 Å². The van der Waals surface area contributed by atoms with Gasteiger partial charge in [-0.2, -0.15) is 0 Å². The molecule has 3 atom stereocenters. The molecule has 1 aliphatic rings. The van der Waals surface area contributed by atoms with Gasteiger partial charge in [-0.15, -0.1) is 0 Å². The summed E-state index contributed by atoms with van der Waals surface area (Å²) in [6, 6.07) is 18.4. The Hall–Kier alpha value is -1.84. The van der Waals surface area contributed by atoms with Crippen LogP contribution in [0.5, 0.6) is 5.75 Å². The number of benzene rings is 2. The number of nitrogens with two attached hydrogens (primary N) is 1. The molecular weight excluding hydrogens is 298 g/mol. The second-order valence-corrected chi connectivity index (χ2v) is 6.70. The zero-order valence-corrected chi connectivity index (χ0v) is 14.1. The van der Waals surface area contributed by atoms with Crippen molar-refractivity contribution in [2.45, 2.75) is 44.3 Å². The van der Waals surface area contributed by atoms with E-state index in [1.165, 1.54) is 12.0 Å². The van der Waals surface area contributed by atoms with Crippen LogP contribution in [0.15, 0.2) is 54.6 Å². The van der Waals surface area contributed by atoms with Gasteiger partial charge in [0.2, 0.25) is 0 Å². The van der Waals surface area contributed by atoms with Gasteiger partial charge in [0.15, 0.2) is 0 Å². The summed E-state index contributed by atoms with van der Waals surface area (Å²) in [5.41, 5.74) is 8.39. The molecule has 3 rings (SSSR count). The maximum absolute atomic E-state index is 10.4. The lowest BCUT2D eigenvalue weighted by molar-refractivity contribution is 0.0560. The maximum Gasteiger partial charge on any atom is 0.120 e. The number of hydrogen-bond donors (Lipinski definition) is 2. The van der Waals surface area contributed by atoms with Crippen molar-refractivity contribution in [3.8, 4) is 5.75 Å². The lowest BCUT2D eigenvalue weighted by atomic mass is 9.75. The van der Waals surface area contributed by atoms with Gasteiger partial charge in [-0.25, -0.2) is 0 Å². The van der Waals surface area contributed by atoms with Crippen LogP contribution >= 0.6 is 0 Å². The quantitative estimate of drug-likeness (QED) is 0.848. The van der Waals surface area contributed by atoms with Crippen LogP contribution in [0.2, 0.25) is 0 Å². The monoisotopic (exact) mass is 325 g/mol. The van der Waals surface area contributed by atoms with Crippen LogP contribution in [0, 0.1) is 5.92 Å². The van der Waals surface area contributed by atoms with E-state index in [9.17, 15) is 5.11 Å². The van der Waals surface area contributed by atoms with Crippen molar-refractivity contribution >= 4 is 0 Å². The maximum atomic E-state index is 10.4. The molecule has 2 aromatic carbocycles. The van der Waals surface area contributed by atoms with Crippen molar-refractivity contribution in [2.24, 2.45) is 11.7 Å². The van der Waals surface area contributed by atoms with Crippen molar-refractivity contribution in [1.82, 2.24) is 0 Å². The fourth-order valence-corrected chi connectivity index (χ4v) is 3.74. The van der Waals surface area contributed by atoms with Crippen molar-refractivity contribution in [3.05, 3.63) is 65.7 Å². The lowest BCUT2D eigenvalue weighted by Gasteiger charge is -2.34. The second kappa shape index (κ2) is 8.32. The van der Waals surface area contributed by atoms with Gasteiger partial charge in [0.05, 0.1) is 6.10 Å². The highest BCUT2D eigenvalue weighted by Crippen LogP contribution is 2.36. The predicted molar refractivity (Wildman–Crippen MR) is 97.0 cm³/mol. The molecule has 0 bridgehead atoms. The summed E-state index contributed by atoms with van der Waals surface area (Å²) in [4.78, 5) is 0. The predicted octanol–water partition coefficient (Wildman–Crippen LogP) is 3.86. The molecule has 1 fully saturated rings. The fraction of sp³-hybridized carbons (Fsp3) is 0.429. The zero-order valence-electron chi connectivity index (χ0n) is 14.1. The minimum absolute atomic E-state index is 0.195. The molecule has 24 heavy (non-hydrogen) atoms. The standard InChI is InChI=1S/C21H27NO2/c22-14-20(19-11-4-5-12-21(19)23)17-9-6-10-18(13-17)24-15-16-7-2-1-3-8-16/h1-3,6-10,13,19-21,23H,4-5,11-12,14-15,22H2/t19-,20+,21+/m1/s1. The Bertz CT molecular complexity index is 629. The Morgan fingerprint density at radius 3 is 2.58 bits per heavy atom. The smallest absolute Gasteiger partial charge is 0.120 e.